The topological polar surface area (TPSA) is 46.2 Å². The number of nitrogens with one attached hydrogen (secondary N) is 1. The zero-order valence-corrected chi connectivity index (χ0v) is 6.99. The predicted molar refractivity (Wildman–Crippen MR) is 47.3 cm³/mol. The Morgan fingerprint density at radius 2 is 2.00 bits per heavy atom. The van der Waals surface area contributed by atoms with Crippen LogP contribution in [-0.4, -0.2) is 18.2 Å². The summed E-state index contributed by atoms with van der Waals surface area (Å²) in [5.74, 6) is -0.694. The largest absolute Gasteiger partial charge is 0.354 e. The van der Waals surface area contributed by atoms with Crippen LogP contribution >= 0.6 is 0 Å². The van der Waals surface area contributed by atoms with Gasteiger partial charge in [-0.25, -0.2) is 0 Å². The molecule has 0 aromatic heterocycles. The van der Waals surface area contributed by atoms with Crippen molar-refractivity contribution in [1.29, 1.82) is 0 Å². The number of Topliss-reactive ketones (excluding diaryl/α,β-unsaturated/α-hetero) is 1. The lowest BCUT2D eigenvalue weighted by molar-refractivity contribution is -0.129. The summed E-state index contributed by atoms with van der Waals surface area (Å²) in [6.07, 6.45) is 0. The average molecular weight is 175 g/mol. The second-order valence-electron chi connectivity index (χ2n) is 3.03. The standard InChI is InChI=1S/C10H9NO2/c12-9(8-6-11-10(8)13)7-4-2-1-3-5-7/h1-5,8H,6H2,(H,11,13). The van der Waals surface area contributed by atoms with Crippen molar-refractivity contribution in [2.45, 2.75) is 0 Å². The fourth-order valence-corrected chi connectivity index (χ4v) is 1.30. The van der Waals surface area contributed by atoms with Crippen LogP contribution in [0, 0.1) is 5.92 Å². The lowest BCUT2D eigenvalue weighted by Gasteiger charge is -2.24. The van der Waals surface area contributed by atoms with E-state index in [2.05, 4.69) is 5.32 Å². The Morgan fingerprint density at radius 1 is 1.31 bits per heavy atom. The zero-order valence-electron chi connectivity index (χ0n) is 6.99. The molecule has 13 heavy (non-hydrogen) atoms. The van der Waals surface area contributed by atoms with E-state index in [1.165, 1.54) is 0 Å². The second kappa shape index (κ2) is 3.01. The molecule has 0 aliphatic carbocycles. The summed E-state index contributed by atoms with van der Waals surface area (Å²) in [6, 6.07) is 8.90. The quantitative estimate of drug-likeness (QED) is 0.407. The molecule has 1 unspecified atom stereocenters. The molecule has 1 atom stereocenters. The number of rotatable bonds is 2. The van der Waals surface area contributed by atoms with E-state index < -0.39 is 5.92 Å². The van der Waals surface area contributed by atoms with Crippen LogP contribution in [0.2, 0.25) is 0 Å². The van der Waals surface area contributed by atoms with Gasteiger partial charge in [0.2, 0.25) is 5.91 Å². The Bertz CT molecular complexity index is 345. The van der Waals surface area contributed by atoms with Gasteiger partial charge in [-0.1, -0.05) is 30.3 Å². The van der Waals surface area contributed by atoms with Gasteiger partial charge in [-0.2, -0.15) is 0 Å². The van der Waals surface area contributed by atoms with Gasteiger partial charge >= 0.3 is 0 Å². The van der Waals surface area contributed by atoms with Crippen molar-refractivity contribution in [3.63, 3.8) is 0 Å². The van der Waals surface area contributed by atoms with Crippen molar-refractivity contribution in [3.8, 4) is 0 Å². The molecule has 1 fully saturated rings. The highest BCUT2D eigenvalue weighted by molar-refractivity contribution is 6.13. The van der Waals surface area contributed by atoms with Gasteiger partial charge in [0.05, 0.1) is 0 Å². The summed E-state index contributed by atoms with van der Waals surface area (Å²) < 4.78 is 0. The highest BCUT2D eigenvalue weighted by Crippen LogP contribution is 2.13. The third kappa shape index (κ3) is 1.33. The smallest absolute Gasteiger partial charge is 0.232 e. The molecule has 3 nitrogen and oxygen atoms in total. The molecule has 1 saturated heterocycles. The number of carbonyl (C=O) groups is 2. The molecule has 1 N–H and O–H groups in total. The lowest BCUT2D eigenvalue weighted by atomic mass is 9.92. The Morgan fingerprint density at radius 3 is 2.46 bits per heavy atom. The van der Waals surface area contributed by atoms with E-state index in [9.17, 15) is 9.59 Å². The first-order valence-corrected chi connectivity index (χ1v) is 4.16. The van der Waals surface area contributed by atoms with E-state index in [-0.39, 0.29) is 11.7 Å². The van der Waals surface area contributed by atoms with Crippen LogP contribution in [0.4, 0.5) is 0 Å². The van der Waals surface area contributed by atoms with E-state index in [0.29, 0.717) is 12.1 Å². The normalized spacial score (nSPS) is 20.3. The SMILES string of the molecule is O=C1NCC1C(=O)c1ccccc1. The number of hydrogen-bond acceptors (Lipinski definition) is 2. The summed E-state index contributed by atoms with van der Waals surface area (Å²) in [7, 11) is 0. The van der Waals surface area contributed by atoms with E-state index in [0.717, 1.165) is 0 Å². The summed E-state index contributed by atoms with van der Waals surface area (Å²) >= 11 is 0. The molecular formula is C10H9NO2. The number of benzene rings is 1. The van der Waals surface area contributed by atoms with Crippen LogP contribution < -0.4 is 5.32 Å². The fraction of sp³-hybridized carbons (Fsp3) is 0.200. The molecule has 0 radical (unpaired) electrons. The molecule has 0 spiro atoms. The van der Waals surface area contributed by atoms with Crippen LogP contribution in [0.3, 0.4) is 0 Å². The summed E-state index contributed by atoms with van der Waals surface area (Å²) in [5.41, 5.74) is 0.613. The Hall–Kier alpha value is -1.64. The minimum absolute atomic E-state index is 0.0793. The van der Waals surface area contributed by atoms with Crippen molar-refractivity contribution in [1.82, 2.24) is 5.32 Å². The first-order valence-electron chi connectivity index (χ1n) is 4.16. The van der Waals surface area contributed by atoms with Crippen molar-refractivity contribution in [2.75, 3.05) is 6.54 Å². The number of carbonyl (C=O) groups excluding carboxylic acids is 2. The molecule has 3 heteroatoms. The van der Waals surface area contributed by atoms with E-state index in [1.54, 1.807) is 24.3 Å². The van der Waals surface area contributed by atoms with Gasteiger partial charge in [-0.05, 0) is 0 Å². The highest BCUT2D eigenvalue weighted by atomic mass is 16.2. The number of amides is 1. The lowest BCUT2D eigenvalue weighted by Crippen LogP contribution is -2.52. The Labute approximate surface area is 75.8 Å². The van der Waals surface area contributed by atoms with E-state index in [1.807, 2.05) is 6.07 Å². The average Bonchev–Trinajstić information content (AvgIpc) is 2.17. The molecule has 1 aliphatic heterocycles. The van der Waals surface area contributed by atoms with Gasteiger partial charge in [0.25, 0.3) is 0 Å². The molecule has 2 rings (SSSR count). The number of β-lactam (4-membered cyclic amide) rings is 1. The maximum Gasteiger partial charge on any atom is 0.232 e. The van der Waals surface area contributed by atoms with Crippen molar-refractivity contribution >= 4 is 11.7 Å². The van der Waals surface area contributed by atoms with Crippen molar-refractivity contribution in [2.24, 2.45) is 5.92 Å². The van der Waals surface area contributed by atoms with Crippen molar-refractivity contribution < 1.29 is 9.59 Å². The van der Waals surface area contributed by atoms with Gasteiger partial charge in [0.15, 0.2) is 5.78 Å². The van der Waals surface area contributed by atoms with Gasteiger partial charge in [-0.3, -0.25) is 9.59 Å². The molecule has 1 aliphatic rings. The molecule has 1 heterocycles. The molecule has 0 bridgehead atoms. The van der Waals surface area contributed by atoms with Crippen molar-refractivity contribution in [3.05, 3.63) is 35.9 Å². The molecule has 1 amide bonds. The van der Waals surface area contributed by atoms with Gasteiger partial charge in [0.1, 0.15) is 5.92 Å². The number of ketones is 1. The van der Waals surface area contributed by atoms with Crippen LogP contribution in [0.25, 0.3) is 0 Å². The first kappa shape index (κ1) is 7.98. The summed E-state index contributed by atoms with van der Waals surface area (Å²) in [4.78, 5) is 22.5. The van der Waals surface area contributed by atoms with Crippen LogP contribution in [0.1, 0.15) is 10.4 Å². The summed E-state index contributed by atoms with van der Waals surface area (Å²) in [5, 5.41) is 2.55. The second-order valence-corrected chi connectivity index (χ2v) is 3.03. The molecular weight excluding hydrogens is 166 g/mol. The van der Waals surface area contributed by atoms with Crippen LogP contribution in [0.15, 0.2) is 30.3 Å². The zero-order chi connectivity index (χ0) is 9.26. The monoisotopic (exact) mass is 175 g/mol. The Kier molecular flexibility index (Phi) is 1.85. The maximum atomic E-state index is 11.6. The highest BCUT2D eigenvalue weighted by Gasteiger charge is 2.34. The minimum Gasteiger partial charge on any atom is -0.354 e. The van der Waals surface area contributed by atoms with E-state index in [4.69, 9.17) is 0 Å². The maximum absolute atomic E-state index is 11.6. The molecule has 0 saturated carbocycles. The number of hydrogen-bond donors (Lipinski definition) is 1. The fourth-order valence-electron chi connectivity index (χ4n) is 1.30. The minimum atomic E-state index is -0.456. The Balaban J connectivity index is 2.18. The molecule has 1 aromatic carbocycles. The van der Waals surface area contributed by atoms with E-state index >= 15 is 0 Å². The molecule has 1 aromatic rings. The van der Waals surface area contributed by atoms with Crippen LogP contribution in [-0.2, 0) is 4.79 Å². The van der Waals surface area contributed by atoms with Crippen LogP contribution in [0.5, 0.6) is 0 Å². The van der Waals surface area contributed by atoms with Gasteiger partial charge in [0, 0.05) is 12.1 Å². The molecule has 66 valence electrons. The third-order valence-electron chi connectivity index (χ3n) is 2.17. The first-order chi connectivity index (χ1) is 6.29. The predicted octanol–water partition coefficient (Wildman–Crippen LogP) is 0.615. The third-order valence-corrected chi connectivity index (χ3v) is 2.17. The van der Waals surface area contributed by atoms with Gasteiger partial charge < -0.3 is 5.32 Å². The summed E-state index contributed by atoms with van der Waals surface area (Å²) in [6.45, 7) is 0.479. The van der Waals surface area contributed by atoms with Gasteiger partial charge in [-0.15, -0.1) is 0 Å².